The molecule has 1 unspecified atom stereocenters. The van der Waals surface area contributed by atoms with E-state index in [1.807, 2.05) is 12.1 Å². The topological polar surface area (TPSA) is 12.0 Å². The summed E-state index contributed by atoms with van der Waals surface area (Å²) in [6, 6.07) is 5.49. The quantitative estimate of drug-likeness (QED) is 0.581. The number of hydrogen-bond donors (Lipinski definition) is 1. The summed E-state index contributed by atoms with van der Waals surface area (Å²) < 4.78 is 13.7. The fraction of sp³-hybridized carbons (Fsp3) is 0.625. The minimum Gasteiger partial charge on any atom is -0.310 e. The molecule has 0 fully saturated rings. The normalized spacial score (nSPS) is 12.6. The van der Waals surface area contributed by atoms with Gasteiger partial charge in [0.2, 0.25) is 0 Å². The molecule has 0 aliphatic carbocycles. The van der Waals surface area contributed by atoms with Crippen LogP contribution in [0.5, 0.6) is 0 Å². The van der Waals surface area contributed by atoms with Crippen molar-refractivity contribution in [3.8, 4) is 0 Å². The van der Waals surface area contributed by atoms with Crippen LogP contribution in [0, 0.1) is 5.82 Å². The first-order valence-corrected chi connectivity index (χ1v) is 8.12. The molecular weight excluding hydrogens is 305 g/mol. The van der Waals surface area contributed by atoms with Crippen LogP contribution in [0.1, 0.15) is 64.0 Å². The van der Waals surface area contributed by atoms with E-state index in [4.69, 9.17) is 0 Å². The molecule has 0 aliphatic rings. The van der Waals surface area contributed by atoms with Crippen LogP contribution in [0.2, 0.25) is 0 Å². The number of halogens is 2. The Balaban J connectivity index is 2.20. The third-order valence-electron chi connectivity index (χ3n) is 3.42. The first-order valence-electron chi connectivity index (χ1n) is 7.33. The molecule has 1 atom stereocenters. The molecule has 1 aromatic rings. The van der Waals surface area contributed by atoms with E-state index in [9.17, 15) is 4.39 Å². The predicted molar refractivity (Wildman–Crippen MR) is 83.9 cm³/mol. The fourth-order valence-electron chi connectivity index (χ4n) is 2.12. The third-order valence-corrected chi connectivity index (χ3v) is 4.03. The highest BCUT2D eigenvalue weighted by atomic mass is 79.9. The standard InChI is InChI=1S/C16H25BrFN/c1-3-4-5-6-7-8-11-19-13(2)14-9-10-16(18)15(17)12-14/h9-10,12-13,19H,3-8,11H2,1-2H3. The van der Waals surface area contributed by atoms with Gasteiger partial charge in [0.25, 0.3) is 0 Å². The molecule has 0 amide bonds. The van der Waals surface area contributed by atoms with Gasteiger partial charge in [-0.05, 0) is 53.5 Å². The molecule has 0 saturated carbocycles. The molecular formula is C16H25BrFN. The molecule has 0 radical (unpaired) electrons. The number of nitrogens with one attached hydrogen (secondary N) is 1. The zero-order chi connectivity index (χ0) is 14.1. The zero-order valence-electron chi connectivity index (χ0n) is 12.0. The summed E-state index contributed by atoms with van der Waals surface area (Å²) in [5.41, 5.74) is 1.12. The summed E-state index contributed by atoms with van der Waals surface area (Å²) >= 11 is 3.23. The van der Waals surface area contributed by atoms with Gasteiger partial charge < -0.3 is 5.32 Å². The van der Waals surface area contributed by atoms with Crippen LogP contribution in [0.4, 0.5) is 4.39 Å². The van der Waals surface area contributed by atoms with E-state index >= 15 is 0 Å². The Hall–Kier alpha value is -0.410. The molecule has 0 bridgehead atoms. The van der Waals surface area contributed by atoms with E-state index < -0.39 is 0 Å². The van der Waals surface area contributed by atoms with Crippen molar-refractivity contribution in [2.24, 2.45) is 0 Å². The van der Waals surface area contributed by atoms with Crippen LogP contribution < -0.4 is 5.32 Å². The van der Waals surface area contributed by atoms with Gasteiger partial charge in [-0.1, -0.05) is 45.1 Å². The van der Waals surface area contributed by atoms with E-state index in [2.05, 4.69) is 35.1 Å². The maximum Gasteiger partial charge on any atom is 0.137 e. The van der Waals surface area contributed by atoms with Crippen LogP contribution in [0.3, 0.4) is 0 Å². The smallest absolute Gasteiger partial charge is 0.137 e. The van der Waals surface area contributed by atoms with Gasteiger partial charge in [-0.3, -0.25) is 0 Å². The average molecular weight is 330 g/mol. The molecule has 108 valence electrons. The van der Waals surface area contributed by atoms with Crippen LogP contribution in [-0.2, 0) is 0 Å². The van der Waals surface area contributed by atoms with Crippen LogP contribution >= 0.6 is 15.9 Å². The lowest BCUT2D eigenvalue weighted by Gasteiger charge is -2.14. The summed E-state index contributed by atoms with van der Waals surface area (Å²) in [6.45, 7) is 5.39. The highest BCUT2D eigenvalue weighted by Gasteiger charge is 2.07. The van der Waals surface area contributed by atoms with E-state index in [0.29, 0.717) is 4.47 Å². The van der Waals surface area contributed by atoms with Gasteiger partial charge in [-0.2, -0.15) is 0 Å². The number of hydrogen-bond acceptors (Lipinski definition) is 1. The lowest BCUT2D eigenvalue weighted by Crippen LogP contribution is -2.19. The Labute approximate surface area is 125 Å². The Morgan fingerprint density at radius 1 is 1.16 bits per heavy atom. The van der Waals surface area contributed by atoms with Crippen molar-refractivity contribution in [1.29, 1.82) is 0 Å². The number of unbranched alkanes of at least 4 members (excludes halogenated alkanes) is 5. The van der Waals surface area contributed by atoms with Crippen molar-refractivity contribution in [2.75, 3.05) is 6.54 Å². The minimum atomic E-state index is -0.202. The molecule has 1 aromatic carbocycles. The largest absolute Gasteiger partial charge is 0.310 e. The molecule has 1 nitrogen and oxygen atoms in total. The van der Waals surface area contributed by atoms with Gasteiger partial charge in [-0.15, -0.1) is 0 Å². The van der Waals surface area contributed by atoms with E-state index in [-0.39, 0.29) is 11.9 Å². The fourth-order valence-corrected chi connectivity index (χ4v) is 2.52. The molecule has 19 heavy (non-hydrogen) atoms. The maximum absolute atomic E-state index is 13.1. The van der Waals surface area contributed by atoms with Crippen LogP contribution in [-0.4, -0.2) is 6.54 Å². The monoisotopic (exact) mass is 329 g/mol. The van der Waals surface area contributed by atoms with E-state index in [1.54, 1.807) is 0 Å². The summed E-state index contributed by atoms with van der Waals surface area (Å²) in [4.78, 5) is 0. The number of benzene rings is 1. The molecule has 0 aliphatic heterocycles. The van der Waals surface area contributed by atoms with Crippen molar-refractivity contribution in [2.45, 2.75) is 58.4 Å². The summed E-state index contributed by atoms with van der Waals surface area (Å²) in [5, 5.41) is 3.49. The van der Waals surface area contributed by atoms with Crippen molar-refractivity contribution in [3.05, 3.63) is 34.1 Å². The van der Waals surface area contributed by atoms with Gasteiger partial charge in [0.1, 0.15) is 5.82 Å². The predicted octanol–water partition coefficient (Wildman–Crippen LogP) is 5.60. The van der Waals surface area contributed by atoms with Gasteiger partial charge >= 0.3 is 0 Å². The molecule has 0 aromatic heterocycles. The van der Waals surface area contributed by atoms with Crippen molar-refractivity contribution < 1.29 is 4.39 Å². The minimum absolute atomic E-state index is 0.202. The second-order valence-corrected chi connectivity index (χ2v) is 5.97. The maximum atomic E-state index is 13.1. The Bertz CT molecular complexity index is 368. The molecule has 3 heteroatoms. The molecule has 0 saturated heterocycles. The second kappa shape index (κ2) is 9.49. The van der Waals surface area contributed by atoms with Gasteiger partial charge in [-0.25, -0.2) is 4.39 Å². The van der Waals surface area contributed by atoms with Crippen molar-refractivity contribution in [1.82, 2.24) is 5.32 Å². The molecule has 0 spiro atoms. The van der Waals surface area contributed by atoms with E-state index in [1.165, 1.54) is 44.6 Å². The van der Waals surface area contributed by atoms with Gasteiger partial charge in [0.05, 0.1) is 4.47 Å². The summed E-state index contributed by atoms with van der Waals surface area (Å²) in [7, 11) is 0. The molecule has 1 rings (SSSR count). The average Bonchev–Trinajstić information content (AvgIpc) is 2.40. The summed E-state index contributed by atoms with van der Waals surface area (Å²) in [5.74, 6) is -0.202. The first-order chi connectivity index (χ1) is 9.15. The van der Waals surface area contributed by atoms with Crippen LogP contribution in [0.25, 0.3) is 0 Å². The Kier molecular flexibility index (Phi) is 8.31. The SMILES string of the molecule is CCCCCCCCNC(C)c1ccc(F)c(Br)c1. The Morgan fingerprint density at radius 3 is 2.53 bits per heavy atom. The second-order valence-electron chi connectivity index (χ2n) is 5.12. The number of rotatable bonds is 9. The Morgan fingerprint density at radius 2 is 1.84 bits per heavy atom. The lowest BCUT2D eigenvalue weighted by atomic mass is 10.1. The van der Waals surface area contributed by atoms with Gasteiger partial charge in [0, 0.05) is 6.04 Å². The lowest BCUT2D eigenvalue weighted by molar-refractivity contribution is 0.526. The summed E-state index contributed by atoms with van der Waals surface area (Å²) in [6.07, 6.45) is 7.87. The van der Waals surface area contributed by atoms with Crippen molar-refractivity contribution in [3.63, 3.8) is 0 Å². The molecule has 1 N–H and O–H groups in total. The third kappa shape index (κ3) is 6.53. The van der Waals surface area contributed by atoms with Crippen molar-refractivity contribution >= 4 is 15.9 Å². The first kappa shape index (κ1) is 16.6. The zero-order valence-corrected chi connectivity index (χ0v) is 13.6. The van der Waals surface area contributed by atoms with E-state index in [0.717, 1.165) is 12.1 Å². The van der Waals surface area contributed by atoms with Crippen LogP contribution in [0.15, 0.2) is 22.7 Å². The highest BCUT2D eigenvalue weighted by molar-refractivity contribution is 9.10. The molecule has 0 heterocycles. The highest BCUT2D eigenvalue weighted by Crippen LogP contribution is 2.21. The van der Waals surface area contributed by atoms with Gasteiger partial charge in [0.15, 0.2) is 0 Å².